The zero-order valence-electron chi connectivity index (χ0n) is 31.4. The average Bonchev–Trinajstić information content (AvgIpc) is 3.45. The molecule has 11 atom stereocenters. The minimum absolute atomic E-state index is 0.0265. The Morgan fingerprint density at radius 1 is 0.843 bits per heavy atom. The molecule has 4 fully saturated rings. The topological polar surface area (TPSA) is 178 Å². The van der Waals surface area contributed by atoms with Crippen LogP contribution in [0.1, 0.15) is 104 Å². The van der Waals surface area contributed by atoms with E-state index in [1.165, 1.54) is 0 Å². The molecule has 0 aromatic heterocycles. The summed E-state index contributed by atoms with van der Waals surface area (Å²) in [5.74, 6) is 0.137. The molecule has 0 heterocycles. The van der Waals surface area contributed by atoms with E-state index in [0.29, 0.717) is 65.1 Å². The van der Waals surface area contributed by atoms with E-state index in [1.807, 2.05) is 0 Å². The number of amides is 1. The highest BCUT2D eigenvalue weighted by molar-refractivity contribution is 5.85. The number of carboxylic acid groups (broad SMARTS) is 1. The van der Waals surface area contributed by atoms with Crippen LogP contribution in [-0.4, -0.2) is 110 Å². The molecule has 51 heavy (non-hydrogen) atoms. The summed E-state index contributed by atoms with van der Waals surface area (Å²) in [7, 11) is 1.60. The number of hydrogen-bond donors (Lipinski definition) is 4. The van der Waals surface area contributed by atoms with Crippen molar-refractivity contribution >= 4 is 23.4 Å². The first-order valence-electron chi connectivity index (χ1n) is 19.4. The van der Waals surface area contributed by atoms with Gasteiger partial charge in [0.15, 0.2) is 11.6 Å². The molecule has 4 saturated carbocycles. The van der Waals surface area contributed by atoms with Crippen LogP contribution in [0.15, 0.2) is 0 Å². The van der Waals surface area contributed by atoms with Crippen LogP contribution in [0.25, 0.3) is 0 Å². The number of carbonyl (C=O) groups is 4. The van der Waals surface area contributed by atoms with E-state index in [4.69, 9.17) is 18.9 Å². The number of hydrogen-bond acceptors (Lipinski definition) is 10. The van der Waals surface area contributed by atoms with Gasteiger partial charge in [0.2, 0.25) is 5.91 Å². The normalized spacial score (nSPS) is 34.9. The zero-order chi connectivity index (χ0) is 37.2. The second-order valence-electron chi connectivity index (χ2n) is 16.4. The van der Waals surface area contributed by atoms with Gasteiger partial charge in [0, 0.05) is 45.9 Å². The van der Waals surface area contributed by atoms with Gasteiger partial charge in [0.05, 0.1) is 38.1 Å². The Kier molecular flexibility index (Phi) is 15.9. The van der Waals surface area contributed by atoms with Crippen molar-refractivity contribution in [1.29, 1.82) is 0 Å². The first-order chi connectivity index (χ1) is 24.3. The molecular formula is C39H65NO11. The number of ether oxygens (including phenoxy) is 4. The van der Waals surface area contributed by atoms with Gasteiger partial charge in [-0.1, -0.05) is 20.8 Å². The van der Waals surface area contributed by atoms with Gasteiger partial charge < -0.3 is 39.6 Å². The number of aliphatic hydroxyl groups excluding tert-OH is 2. The van der Waals surface area contributed by atoms with Crippen molar-refractivity contribution in [2.24, 2.45) is 46.3 Å². The fourth-order valence-electron chi connectivity index (χ4n) is 10.6. The van der Waals surface area contributed by atoms with Gasteiger partial charge in [-0.2, -0.15) is 0 Å². The Morgan fingerprint density at radius 3 is 2.33 bits per heavy atom. The third kappa shape index (κ3) is 10.6. The van der Waals surface area contributed by atoms with Crippen molar-refractivity contribution in [3.8, 4) is 0 Å². The van der Waals surface area contributed by atoms with Gasteiger partial charge >= 0.3 is 5.97 Å². The summed E-state index contributed by atoms with van der Waals surface area (Å²) in [6.07, 6.45) is 6.81. The zero-order valence-corrected chi connectivity index (χ0v) is 31.4. The van der Waals surface area contributed by atoms with Crippen molar-refractivity contribution in [3.63, 3.8) is 0 Å². The molecule has 0 aliphatic heterocycles. The summed E-state index contributed by atoms with van der Waals surface area (Å²) in [5, 5.41) is 35.5. The molecule has 0 bridgehead atoms. The van der Waals surface area contributed by atoms with E-state index in [1.54, 1.807) is 7.11 Å². The SMILES string of the molecule is COCCCC(=O)COCCOCCNC(=O)CCC(=O)CO[C@H]1CC[C@]2(C)C3C[C@H](O)[C@@]4(C)C(CC[C@@H]4[C@H](C)CCC(=O)O)[C@@H]3[C@H](O)C[C@@H]2C1. The number of carboxylic acids is 1. The van der Waals surface area contributed by atoms with Crippen molar-refractivity contribution in [1.82, 2.24) is 5.32 Å². The maximum absolute atomic E-state index is 12.6. The number of ketones is 2. The highest BCUT2D eigenvalue weighted by Crippen LogP contribution is 2.68. The predicted molar refractivity (Wildman–Crippen MR) is 189 cm³/mol. The second-order valence-corrected chi connectivity index (χ2v) is 16.4. The van der Waals surface area contributed by atoms with Gasteiger partial charge in [-0.25, -0.2) is 0 Å². The lowest BCUT2D eigenvalue weighted by molar-refractivity contribution is -0.209. The maximum atomic E-state index is 12.6. The molecule has 0 radical (unpaired) electrons. The fourth-order valence-corrected chi connectivity index (χ4v) is 10.6. The molecule has 0 spiro atoms. The van der Waals surface area contributed by atoms with Crippen molar-refractivity contribution in [3.05, 3.63) is 0 Å². The average molecular weight is 724 g/mol. The fraction of sp³-hybridized carbons (Fsp3) is 0.897. The molecule has 0 aromatic carbocycles. The van der Waals surface area contributed by atoms with Crippen molar-refractivity contribution in [2.45, 2.75) is 123 Å². The molecule has 4 rings (SSSR count). The number of Topliss-reactive ketones (excluding diaryl/α,β-unsaturated/α-hetero) is 2. The lowest BCUT2D eigenvalue weighted by atomic mass is 9.43. The third-order valence-electron chi connectivity index (χ3n) is 13.4. The number of fused-ring (bicyclic) bond motifs is 5. The molecule has 12 heteroatoms. The van der Waals surface area contributed by atoms with Crippen molar-refractivity contribution in [2.75, 3.05) is 53.3 Å². The molecule has 4 aliphatic carbocycles. The van der Waals surface area contributed by atoms with Gasteiger partial charge in [-0.05, 0) is 104 Å². The van der Waals surface area contributed by atoms with E-state index < -0.39 is 18.2 Å². The van der Waals surface area contributed by atoms with E-state index >= 15 is 0 Å². The van der Waals surface area contributed by atoms with Crippen LogP contribution in [0.4, 0.5) is 0 Å². The van der Waals surface area contributed by atoms with Crippen LogP contribution in [-0.2, 0) is 38.1 Å². The Balaban J connectivity index is 1.14. The number of methoxy groups -OCH3 is 1. The van der Waals surface area contributed by atoms with Gasteiger partial charge in [0.25, 0.3) is 0 Å². The predicted octanol–water partition coefficient (Wildman–Crippen LogP) is 3.97. The van der Waals surface area contributed by atoms with Crippen LogP contribution < -0.4 is 5.32 Å². The van der Waals surface area contributed by atoms with Crippen molar-refractivity contribution < 1.29 is 53.4 Å². The van der Waals surface area contributed by atoms with E-state index in [9.17, 15) is 34.5 Å². The summed E-state index contributed by atoms with van der Waals surface area (Å²) in [4.78, 5) is 47.8. The largest absolute Gasteiger partial charge is 0.481 e. The quantitative estimate of drug-likeness (QED) is 0.119. The molecule has 2 unspecified atom stereocenters. The Labute approximate surface area is 304 Å². The van der Waals surface area contributed by atoms with Gasteiger partial charge in [-0.15, -0.1) is 0 Å². The van der Waals surface area contributed by atoms with Crippen LogP contribution >= 0.6 is 0 Å². The smallest absolute Gasteiger partial charge is 0.303 e. The Bertz CT molecular complexity index is 1170. The third-order valence-corrected chi connectivity index (χ3v) is 13.4. The van der Waals surface area contributed by atoms with E-state index in [2.05, 4.69) is 26.1 Å². The lowest BCUT2D eigenvalue weighted by Crippen LogP contribution is -2.62. The number of aliphatic carboxylic acids is 1. The lowest BCUT2D eigenvalue weighted by Gasteiger charge is -2.63. The number of nitrogens with one attached hydrogen (secondary N) is 1. The summed E-state index contributed by atoms with van der Waals surface area (Å²) in [5.41, 5.74) is -0.349. The molecule has 12 nitrogen and oxygen atoms in total. The molecule has 4 aliphatic rings. The molecule has 4 N–H and O–H groups in total. The van der Waals surface area contributed by atoms with E-state index in [0.717, 1.165) is 32.1 Å². The van der Waals surface area contributed by atoms with Crippen LogP contribution in [0.2, 0.25) is 0 Å². The molecule has 1 amide bonds. The Hall–Kier alpha value is -1.96. The van der Waals surface area contributed by atoms with E-state index in [-0.39, 0.29) is 102 Å². The van der Waals surface area contributed by atoms with Crippen LogP contribution in [0.3, 0.4) is 0 Å². The van der Waals surface area contributed by atoms with Crippen LogP contribution in [0.5, 0.6) is 0 Å². The summed E-state index contributed by atoms with van der Waals surface area (Å²) >= 11 is 0. The molecule has 0 aromatic rings. The number of rotatable bonds is 22. The summed E-state index contributed by atoms with van der Waals surface area (Å²) in [6.45, 7) is 8.48. The standard InChI is InChI=1S/C39H65NO11/c1-25(7-12-36(46)47)30-9-10-31-37-32(22-34(44)39(30,31)3)38(2)14-13-29(20-26(38)21-33(37)43)51-24-28(42)8-11-35(45)40-15-17-49-18-19-50-23-27(41)6-5-16-48-4/h25-26,29-34,37,43-44H,5-24H2,1-4H3,(H,40,45)(H,46,47)/t25-,26+,29+,30-,31?,32?,33-,34+,37+,38+,39-/m1/s1. The van der Waals surface area contributed by atoms with Gasteiger partial charge in [0.1, 0.15) is 13.2 Å². The maximum Gasteiger partial charge on any atom is 0.303 e. The molecule has 0 saturated heterocycles. The number of aliphatic hydroxyl groups is 2. The minimum atomic E-state index is -0.780. The summed E-state index contributed by atoms with van der Waals surface area (Å²) < 4.78 is 21.8. The Morgan fingerprint density at radius 2 is 1.59 bits per heavy atom. The highest BCUT2D eigenvalue weighted by Gasteiger charge is 2.65. The number of carbonyl (C=O) groups excluding carboxylic acids is 3. The van der Waals surface area contributed by atoms with Gasteiger partial charge in [-0.3, -0.25) is 19.2 Å². The monoisotopic (exact) mass is 723 g/mol. The molecular weight excluding hydrogens is 658 g/mol. The second kappa shape index (κ2) is 19.4. The first-order valence-corrected chi connectivity index (χ1v) is 19.4. The highest BCUT2D eigenvalue weighted by atomic mass is 16.5. The minimum Gasteiger partial charge on any atom is -0.481 e. The summed E-state index contributed by atoms with van der Waals surface area (Å²) in [6, 6.07) is 0. The van der Waals surface area contributed by atoms with Crippen LogP contribution in [0, 0.1) is 46.3 Å². The first kappa shape index (κ1) is 41.8. The molecule has 292 valence electrons.